The summed E-state index contributed by atoms with van der Waals surface area (Å²) in [4.78, 5) is 12.3. The Morgan fingerprint density at radius 2 is 1.70 bits per heavy atom. The molecule has 1 amide bonds. The van der Waals surface area contributed by atoms with Gasteiger partial charge in [-0.25, -0.2) is 0 Å². The summed E-state index contributed by atoms with van der Waals surface area (Å²) in [5.41, 5.74) is 1.21. The van der Waals surface area contributed by atoms with Crippen LogP contribution < -0.4 is 15.4 Å². The van der Waals surface area contributed by atoms with Gasteiger partial charge in [-0.2, -0.15) is 0 Å². The summed E-state index contributed by atoms with van der Waals surface area (Å²) >= 11 is 0. The Morgan fingerprint density at radius 3 is 2.22 bits per heavy atom. The van der Waals surface area contributed by atoms with Gasteiger partial charge in [0.25, 0.3) is 5.91 Å². The summed E-state index contributed by atoms with van der Waals surface area (Å²) < 4.78 is 5.14. The summed E-state index contributed by atoms with van der Waals surface area (Å²) in [5.74, 6) is 3.71. The molecule has 0 saturated heterocycles. The molecule has 0 spiro atoms. The molecule has 1 aromatic carbocycles. The van der Waals surface area contributed by atoms with Crippen LogP contribution in [0.25, 0.3) is 0 Å². The van der Waals surface area contributed by atoms with Gasteiger partial charge in [0.1, 0.15) is 5.75 Å². The highest BCUT2D eigenvalue weighted by atomic mass is 16.5. The summed E-state index contributed by atoms with van der Waals surface area (Å²) in [5, 5.41) is 5.36. The van der Waals surface area contributed by atoms with Crippen molar-refractivity contribution in [2.75, 3.05) is 19.0 Å². The Bertz CT molecular complexity index is 546. The number of hydrogen-bond donors (Lipinski definition) is 2. The second kappa shape index (κ2) is 5.82. The Morgan fingerprint density at radius 1 is 1.13 bits per heavy atom. The van der Waals surface area contributed by atoms with Crippen molar-refractivity contribution < 1.29 is 14.8 Å². The molecule has 3 N–H and O–H groups in total. The molecule has 5 rings (SSSR count). The van der Waals surface area contributed by atoms with Crippen molar-refractivity contribution in [1.82, 2.24) is 0 Å². The predicted molar refractivity (Wildman–Crippen MR) is 89.3 cm³/mol. The molecule has 23 heavy (non-hydrogen) atoms. The molecule has 4 saturated carbocycles. The lowest BCUT2D eigenvalue weighted by Crippen LogP contribution is -3.00. The van der Waals surface area contributed by atoms with E-state index in [4.69, 9.17) is 4.74 Å². The molecule has 0 aliphatic heterocycles. The van der Waals surface area contributed by atoms with Crippen LogP contribution >= 0.6 is 0 Å². The second-order valence-corrected chi connectivity index (χ2v) is 7.96. The average molecular weight is 315 g/mol. The number of quaternary nitrogens is 1. The molecule has 0 atom stereocenters. The first-order valence-electron chi connectivity index (χ1n) is 8.92. The quantitative estimate of drug-likeness (QED) is 0.875. The monoisotopic (exact) mass is 315 g/mol. The molecule has 4 bridgehead atoms. The van der Waals surface area contributed by atoms with Crippen LogP contribution in [-0.4, -0.2) is 25.1 Å². The molecule has 4 fully saturated rings. The second-order valence-electron chi connectivity index (χ2n) is 7.96. The van der Waals surface area contributed by atoms with Crippen molar-refractivity contribution in [2.45, 2.75) is 44.1 Å². The molecular weight excluding hydrogens is 288 g/mol. The number of carbonyl (C=O) groups is 1. The fourth-order valence-electron chi connectivity index (χ4n) is 5.62. The zero-order valence-corrected chi connectivity index (χ0v) is 13.9. The lowest BCUT2D eigenvalue weighted by Gasteiger charge is -2.54. The maximum Gasteiger partial charge on any atom is 0.279 e. The van der Waals surface area contributed by atoms with Gasteiger partial charge in [-0.1, -0.05) is 0 Å². The third-order valence-corrected chi connectivity index (χ3v) is 6.18. The summed E-state index contributed by atoms with van der Waals surface area (Å²) in [6, 6.07) is 7.53. The van der Waals surface area contributed by atoms with E-state index < -0.39 is 0 Å². The van der Waals surface area contributed by atoms with Gasteiger partial charge in [0.2, 0.25) is 0 Å². The topological polar surface area (TPSA) is 54.9 Å². The number of rotatable bonds is 5. The first-order chi connectivity index (χ1) is 11.1. The van der Waals surface area contributed by atoms with Gasteiger partial charge >= 0.3 is 0 Å². The minimum atomic E-state index is 0.103. The molecular formula is C19H27N2O2+. The predicted octanol–water partition coefficient (Wildman–Crippen LogP) is 2.17. The molecule has 4 aliphatic carbocycles. The molecule has 0 heterocycles. The lowest BCUT2D eigenvalue weighted by molar-refractivity contribution is -0.729. The van der Waals surface area contributed by atoms with Gasteiger partial charge in [0.15, 0.2) is 6.54 Å². The van der Waals surface area contributed by atoms with Crippen LogP contribution in [0.15, 0.2) is 24.3 Å². The average Bonchev–Trinajstić information content (AvgIpc) is 2.53. The minimum absolute atomic E-state index is 0.103. The zero-order chi connectivity index (χ0) is 15.9. The molecule has 4 nitrogen and oxygen atoms in total. The highest BCUT2D eigenvalue weighted by Gasteiger charge is 2.53. The van der Waals surface area contributed by atoms with Crippen molar-refractivity contribution in [1.29, 1.82) is 0 Å². The molecule has 4 heteroatoms. The Labute approximate surface area is 138 Å². The van der Waals surface area contributed by atoms with Gasteiger partial charge in [0.05, 0.1) is 12.6 Å². The number of carbonyl (C=O) groups excluding carboxylic acids is 1. The molecule has 0 radical (unpaired) electrons. The van der Waals surface area contributed by atoms with Gasteiger partial charge in [-0.05, 0) is 61.3 Å². The fraction of sp³-hybridized carbons (Fsp3) is 0.632. The summed E-state index contributed by atoms with van der Waals surface area (Å²) in [6.07, 6.45) is 8.33. The molecule has 124 valence electrons. The van der Waals surface area contributed by atoms with Crippen LogP contribution in [0.5, 0.6) is 5.75 Å². The Balaban J connectivity index is 1.32. The summed E-state index contributed by atoms with van der Waals surface area (Å²) in [7, 11) is 1.65. The van der Waals surface area contributed by atoms with Crippen LogP contribution in [0.3, 0.4) is 0 Å². The number of benzene rings is 1. The van der Waals surface area contributed by atoms with Gasteiger partial charge in [-0.3, -0.25) is 4.79 Å². The van der Waals surface area contributed by atoms with E-state index >= 15 is 0 Å². The van der Waals surface area contributed by atoms with Gasteiger partial charge in [0, 0.05) is 24.9 Å². The van der Waals surface area contributed by atoms with Crippen molar-refractivity contribution >= 4 is 11.6 Å². The maximum absolute atomic E-state index is 12.3. The van der Waals surface area contributed by atoms with Crippen LogP contribution in [-0.2, 0) is 4.79 Å². The van der Waals surface area contributed by atoms with Crippen LogP contribution in [0, 0.1) is 17.8 Å². The SMILES string of the molecule is COc1ccc(NC(=O)C[NH2+]C23CC4CC(CC(C4)C2)C3)cc1. The van der Waals surface area contributed by atoms with Crippen LogP contribution in [0.1, 0.15) is 38.5 Å². The molecule has 1 aromatic rings. The van der Waals surface area contributed by atoms with E-state index in [-0.39, 0.29) is 5.91 Å². The number of methoxy groups -OCH3 is 1. The zero-order valence-electron chi connectivity index (χ0n) is 13.9. The third kappa shape index (κ3) is 3.09. The van der Waals surface area contributed by atoms with E-state index in [9.17, 15) is 4.79 Å². The third-order valence-electron chi connectivity index (χ3n) is 6.18. The largest absolute Gasteiger partial charge is 0.497 e. The van der Waals surface area contributed by atoms with Gasteiger partial charge < -0.3 is 15.4 Å². The number of nitrogens with one attached hydrogen (secondary N) is 1. The normalized spacial score (nSPS) is 34.4. The van der Waals surface area contributed by atoms with Crippen molar-refractivity contribution in [2.24, 2.45) is 17.8 Å². The minimum Gasteiger partial charge on any atom is -0.497 e. The van der Waals surface area contributed by atoms with Crippen LogP contribution in [0.2, 0.25) is 0 Å². The number of hydrogen-bond acceptors (Lipinski definition) is 2. The van der Waals surface area contributed by atoms with E-state index in [0.29, 0.717) is 12.1 Å². The number of anilines is 1. The molecule has 0 unspecified atom stereocenters. The standard InChI is InChI=1S/C19H26N2O2/c1-23-17-4-2-16(3-5-17)21-18(22)12-20-19-9-13-6-14(10-19)8-15(7-13)11-19/h2-5,13-15,20H,6-12H2,1H3,(H,21,22)/p+1. The fourth-order valence-corrected chi connectivity index (χ4v) is 5.62. The lowest BCUT2D eigenvalue weighted by atomic mass is 9.53. The number of amides is 1. The van der Waals surface area contributed by atoms with E-state index in [1.807, 2.05) is 24.3 Å². The van der Waals surface area contributed by atoms with E-state index in [1.165, 1.54) is 38.5 Å². The van der Waals surface area contributed by atoms with E-state index in [2.05, 4.69) is 10.6 Å². The van der Waals surface area contributed by atoms with Crippen LogP contribution in [0.4, 0.5) is 5.69 Å². The highest BCUT2D eigenvalue weighted by Crippen LogP contribution is 2.54. The van der Waals surface area contributed by atoms with E-state index in [0.717, 1.165) is 29.2 Å². The molecule has 0 aromatic heterocycles. The maximum atomic E-state index is 12.3. The number of nitrogens with two attached hydrogens (primary N) is 1. The smallest absolute Gasteiger partial charge is 0.279 e. The van der Waals surface area contributed by atoms with E-state index in [1.54, 1.807) is 7.11 Å². The summed E-state index contributed by atoms with van der Waals surface area (Å²) in [6.45, 7) is 0.540. The first-order valence-corrected chi connectivity index (χ1v) is 8.92. The van der Waals surface area contributed by atoms with Gasteiger partial charge in [-0.15, -0.1) is 0 Å². The Kier molecular flexibility index (Phi) is 3.80. The molecule has 4 aliphatic rings. The first kappa shape index (κ1) is 15.0. The highest BCUT2D eigenvalue weighted by molar-refractivity contribution is 5.91. The number of ether oxygens (including phenoxy) is 1. The Hall–Kier alpha value is -1.55. The van der Waals surface area contributed by atoms with Crippen molar-refractivity contribution in [3.63, 3.8) is 0 Å². The van der Waals surface area contributed by atoms with Crippen molar-refractivity contribution in [3.05, 3.63) is 24.3 Å². The van der Waals surface area contributed by atoms with Crippen molar-refractivity contribution in [3.8, 4) is 5.75 Å².